The fraction of sp³-hybridized carbons (Fsp3) is 0.0857. The van der Waals surface area contributed by atoms with Crippen LogP contribution in [0.3, 0.4) is 0 Å². The van der Waals surface area contributed by atoms with Gasteiger partial charge in [0.05, 0.1) is 10.6 Å². The Morgan fingerprint density at radius 3 is 1.59 bits per heavy atom. The van der Waals surface area contributed by atoms with Gasteiger partial charge in [-0.25, -0.2) is 8.42 Å². The number of rotatable bonds is 9. The summed E-state index contributed by atoms with van der Waals surface area (Å²) in [6.45, 7) is 3.95. The number of benzene rings is 5. The predicted octanol–water partition coefficient (Wildman–Crippen LogP) is 7.49. The second-order valence-electron chi connectivity index (χ2n) is 10.0. The molecule has 0 bridgehead atoms. The van der Waals surface area contributed by atoms with Crippen molar-refractivity contribution in [2.24, 2.45) is 0 Å². The molecule has 6 heteroatoms. The van der Waals surface area contributed by atoms with Gasteiger partial charge in [-0.2, -0.15) is 0 Å². The Labute approximate surface area is 248 Å². The lowest BCUT2D eigenvalue weighted by Crippen LogP contribution is -2.25. The standard InChI is InChI=1S/C35H32NO2PS2/c1-27-18-22-29(23-19-27)34(36-41(37,38)33-24-20-28(2)21-25-33)26-35(30-12-6-3-7-13-30)39(40,31-14-8-4-9-15-31)32-16-10-5-11-17-32/h3-26,35-36H,1-2H3/b34-26-/t35-/m1/s1. The molecule has 41 heavy (non-hydrogen) atoms. The minimum Gasteiger partial charge on any atom is -0.279 e. The molecule has 0 unspecified atom stereocenters. The second-order valence-corrected chi connectivity index (χ2v) is 16.4. The van der Waals surface area contributed by atoms with Gasteiger partial charge in [0.1, 0.15) is 0 Å². The Morgan fingerprint density at radius 2 is 1.10 bits per heavy atom. The van der Waals surface area contributed by atoms with E-state index >= 15 is 0 Å². The normalized spacial score (nSPS) is 13.0. The van der Waals surface area contributed by atoms with Gasteiger partial charge in [0, 0.05) is 11.7 Å². The van der Waals surface area contributed by atoms with E-state index in [9.17, 15) is 8.42 Å². The van der Waals surface area contributed by atoms with Crippen molar-refractivity contribution in [3.05, 3.63) is 168 Å². The van der Waals surface area contributed by atoms with Gasteiger partial charge in [-0.15, -0.1) is 0 Å². The van der Waals surface area contributed by atoms with Crippen molar-refractivity contribution in [2.75, 3.05) is 0 Å². The number of aryl methyl sites for hydroxylation is 2. The summed E-state index contributed by atoms with van der Waals surface area (Å²) in [6.07, 6.45) is 2.03. The van der Waals surface area contributed by atoms with Crippen LogP contribution >= 0.6 is 6.04 Å². The third kappa shape index (κ3) is 6.44. The predicted molar refractivity (Wildman–Crippen MR) is 176 cm³/mol. The molecular formula is C35H32NO2PS2. The van der Waals surface area contributed by atoms with Crippen molar-refractivity contribution in [1.29, 1.82) is 0 Å². The van der Waals surface area contributed by atoms with E-state index in [1.807, 2.05) is 98.8 Å². The Hall–Kier alpha value is -3.76. The summed E-state index contributed by atoms with van der Waals surface area (Å²) in [5, 5.41) is 2.13. The molecule has 1 N–H and O–H groups in total. The van der Waals surface area contributed by atoms with Gasteiger partial charge in [0.15, 0.2) is 0 Å². The highest BCUT2D eigenvalue weighted by atomic mass is 32.4. The molecule has 0 heterocycles. The Kier molecular flexibility index (Phi) is 8.70. The van der Waals surface area contributed by atoms with Gasteiger partial charge in [-0.05, 0) is 53.8 Å². The quantitative estimate of drug-likeness (QED) is 0.180. The van der Waals surface area contributed by atoms with Crippen molar-refractivity contribution in [3.63, 3.8) is 0 Å². The first-order valence-electron chi connectivity index (χ1n) is 13.4. The van der Waals surface area contributed by atoms with Crippen LogP contribution in [0.1, 0.15) is 27.9 Å². The monoisotopic (exact) mass is 593 g/mol. The number of sulfonamides is 1. The molecule has 0 spiro atoms. The number of hydrogen-bond acceptors (Lipinski definition) is 3. The van der Waals surface area contributed by atoms with E-state index in [4.69, 9.17) is 11.8 Å². The maximum absolute atomic E-state index is 13.7. The van der Waals surface area contributed by atoms with Crippen molar-refractivity contribution in [2.45, 2.75) is 24.4 Å². The summed E-state index contributed by atoms with van der Waals surface area (Å²) in [7, 11) is -3.88. The van der Waals surface area contributed by atoms with Crippen molar-refractivity contribution < 1.29 is 8.42 Å². The van der Waals surface area contributed by atoms with Crippen LogP contribution in [-0.2, 0) is 21.8 Å². The van der Waals surface area contributed by atoms with E-state index in [1.54, 1.807) is 24.3 Å². The van der Waals surface area contributed by atoms with E-state index in [0.29, 0.717) is 5.70 Å². The molecule has 0 aliphatic rings. The summed E-state index contributed by atoms with van der Waals surface area (Å²) < 4.78 is 30.4. The topological polar surface area (TPSA) is 46.2 Å². The zero-order valence-electron chi connectivity index (χ0n) is 23.0. The molecule has 0 saturated carbocycles. The fourth-order valence-electron chi connectivity index (χ4n) is 4.83. The van der Waals surface area contributed by atoms with Gasteiger partial charge in [-0.3, -0.25) is 4.72 Å². The summed E-state index contributed by atoms with van der Waals surface area (Å²) in [6, 6.07) is 42.8. The maximum Gasteiger partial charge on any atom is 0.261 e. The lowest BCUT2D eigenvalue weighted by molar-refractivity contribution is 0.591. The highest BCUT2D eigenvalue weighted by molar-refractivity contribution is 8.22. The average molecular weight is 594 g/mol. The van der Waals surface area contributed by atoms with Crippen LogP contribution in [0.15, 0.2) is 150 Å². The van der Waals surface area contributed by atoms with E-state index < -0.39 is 16.1 Å². The van der Waals surface area contributed by atoms with Crippen LogP contribution < -0.4 is 15.3 Å². The fourth-order valence-corrected chi connectivity index (χ4v) is 10.3. The lowest BCUT2D eigenvalue weighted by Gasteiger charge is -2.32. The Morgan fingerprint density at radius 1 is 0.659 bits per heavy atom. The third-order valence-electron chi connectivity index (χ3n) is 7.08. The highest BCUT2D eigenvalue weighted by Gasteiger charge is 2.33. The highest BCUT2D eigenvalue weighted by Crippen LogP contribution is 2.58. The smallest absolute Gasteiger partial charge is 0.261 e. The van der Waals surface area contributed by atoms with Crippen LogP contribution in [0.4, 0.5) is 0 Å². The third-order valence-corrected chi connectivity index (χ3v) is 13.8. The van der Waals surface area contributed by atoms with Crippen LogP contribution in [-0.4, -0.2) is 8.42 Å². The first-order valence-corrected chi connectivity index (χ1v) is 17.8. The van der Waals surface area contributed by atoms with Crippen molar-refractivity contribution in [1.82, 2.24) is 4.72 Å². The Bertz CT molecular complexity index is 1740. The summed E-state index contributed by atoms with van der Waals surface area (Å²) in [5.74, 6) is 0. The molecule has 0 saturated heterocycles. The number of hydrogen-bond donors (Lipinski definition) is 1. The molecule has 5 aromatic rings. The van der Waals surface area contributed by atoms with Gasteiger partial charge >= 0.3 is 0 Å². The van der Waals surface area contributed by atoms with Crippen molar-refractivity contribution >= 4 is 44.2 Å². The first-order chi connectivity index (χ1) is 19.8. The van der Waals surface area contributed by atoms with Gasteiger partial charge in [0.2, 0.25) is 0 Å². The second kappa shape index (κ2) is 12.4. The van der Waals surface area contributed by atoms with Crippen molar-refractivity contribution in [3.8, 4) is 0 Å². The average Bonchev–Trinajstić information content (AvgIpc) is 3.01. The largest absolute Gasteiger partial charge is 0.279 e. The molecule has 1 atom stereocenters. The molecule has 0 fully saturated rings. The SMILES string of the molecule is Cc1ccc(/C(=C/[C@H](c2ccccc2)P(=S)(c2ccccc2)c2ccccc2)NS(=O)(=O)c2ccc(C)cc2)cc1. The molecule has 0 aliphatic carbocycles. The zero-order valence-corrected chi connectivity index (χ0v) is 25.5. The molecule has 5 rings (SSSR count). The maximum atomic E-state index is 13.7. The van der Waals surface area contributed by atoms with E-state index in [0.717, 1.165) is 32.9 Å². The minimum atomic E-state index is -3.88. The van der Waals surface area contributed by atoms with Crippen LogP contribution in [0.2, 0.25) is 0 Å². The lowest BCUT2D eigenvalue weighted by atomic mass is 10.1. The van der Waals surface area contributed by atoms with E-state index in [2.05, 4.69) is 41.1 Å². The molecule has 0 aliphatic heterocycles. The van der Waals surface area contributed by atoms with Crippen LogP contribution in [0.5, 0.6) is 0 Å². The molecule has 206 valence electrons. The molecule has 5 aromatic carbocycles. The zero-order chi connectivity index (χ0) is 28.9. The minimum absolute atomic E-state index is 0.211. The van der Waals surface area contributed by atoms with Gasteiger partial charge in [-0.1, -0.05) is 150 Å². The van der Waals surface area contributed by atoms with E-state index in [-0.39, 0.29) is 10.6 Å². The molecule has 0 amide bonds. The van der Waals surface area contributed by atoms with Crippen LogP contribution in [0, 0.1) is 13.8 Å². The first kappa shape index (κ1) is 28.8. The number of allylic oxidation sites excluding steroid dienone is 1. The van der Waals surface area contributed by atoms with Gasteiger partial charge in [0.25, 0.3) is 10.0 Å². The van der Waals surface area contributed by atoms with Gasteiger partial charge < -0.3 is 0 Å². The molecular weight excluding hydrogens is 561 g/mol. The molecule has 0 radical (unpaired) electrons. The Balaban J connectivity index is 1.76. The molecule has 0 aromatic heterocycles. The summed E-state index contributed by atoms with van der Waals surface area (Å²) in [4.78, 5) is 0.211. The molecule has 3 nitrogen and oxygen atoms in total. The summed E-state index contributed by atoms with van der Waals surface area (Å²) >= 11 is 6.77. The summed E-state index contributed by atoms with van der Waals surface area (Å²) in [5.41, 5.74) is 4.10. The van der Waals surface area contributed by atoms with Crippen LogP contribution in [0.25, 0.3) is 5.70 Å². The van der Waals surface area contributed by atoms with E-state index in [1.165, 1.54) is 0 Å². The number of nitrogens with one attached hydrogen (secondary N) is 1.